The number of aromatic nitrogens is 2. The van der Waals surface area contributed by atoms with Crippen molar-refractivity contribution >= 4 is 22.8 Å². The molecule has 2 aromatic rings. The summed E-state index contributed by atoms with van der Waals surface area (Å²) in [6.07, 6.45) is 2.08. The van der Waals surface area contributed by atoms with E-state index >= 15 is 0 Å². The molecule has 0 radical (unpaired) electrons. The highest BCUT2D eigenvalue weighted by atomic mass is 32.2. The first-order valence-electron chi connectivity index (χ1n) is 5.47. The molecule has 0 unspecified atom stereocenters. The molecule has 1 heterocycles. The Balaban J connectivity index is 2.68. The van der Waals surface area contributed by atoms with Gasteiger partial charge in [-0.05, 0) is 38.3 Å². The normalized spacial score (nSPS) is 13.2. The minimum atomic E-state index is -0.0231. The summed E-state index contributed by atoms with van der Waals surface area (Å²) in [5, 5.41) is 0. The fraction of sp³-hybridized carbons (Fsp3) is 0.417. The van der Waals surface area contributed by atoms with Crippen LogP contribution in [-0.2, 0) is 6.54 Å². The quantitative estimate of drug-likeness (QED) is 0.832. The number of hydrogen-bond donors (Lipinski definition) is 1. The van der Waals surface area contributed by atoms with Crippen LogP contribution in [0.5, 0.6) is 0 Å². The molecule has 1 aromatic carbocycles. The molecule has 0 saturated heterocycles. The van der Waals surface area contributed by atoms with Crippen molar-refractivity contribution in [3.8, 4) is 0 Å². The van der Waals surface area contributed by atoms with Gasteiger partial charge in [-0.25, -0.2) is 4.98 Å². The molecule has 0 fully saturated rings. The number of nitrogens with two attached hydrogens (primary N) is 1. The second-order valence-electron chi connectivity index (χ2n) is 3.86. The van der Waals surface area contributed by atoms with Gasteiger partial charge >= 0.3 is 0 Å². The molecule has 0 bridgehead atoms. The summed E-state index contributed by atoms with van der Waals surface area (Å²) in [6, 6.07) is 6.33. The summed E-state index contributed by atoms with van der Waals surface area (Å²) in [4.78, 5) is 5.85. The average Bonchev–Trinajstić information content (AvgIpc) is 2.66. The third kappa shape index (κ3) is 1.83. The van der Waals surface area contributed by atoms with Crippen LogP contribution < -0.4 is 5.73 Å². The lowest BCUT2D eigenvalue weighted by molar-refractivity contribution is 0.649. The van der Waals surface area contributed by atoms with Gasteiger partial charge in [0.15, 0.2) is 0 Å². The predicted molar refractivity (Wildman–Crippen MR) is 69.8 cm³/mol. The van der Waals surface area contributed by atoms with Gasteiger partial charge in [0.2, 0.25) is 0 Å². The van der Waals surface area contributed by atoms with Crippen LogP contribution in [0.3, 0.4) is 0 Å². The number of aryl methyl sites for hydroxylation is 1. The van der Waals surface area contributed by atoms with E-state index < -0.39 is 0 Å². The fourth-order valence-electron chi connectivity index (χ4n) is 1.93. The molecule has 1 aromatic heterocycles. The lowest BCUT2D eigenvalue weighted by Crippen LogP contribution is -2.12. The number of thioether (sulfide) groups is 1. The molecule has 4 heteroatoms. The summed E-state index contributed by atoms with van der Waals surface area (Å²) in [7, 11) is 0. The Hall–Kier alpha value is -1.00. The van der Waals surface area contributed by atoms with E-state index in [1.807, 2.05) is 6.92 Å². The van der Waals surface area contributed by atoms with Crippen LogP contribution in [0.4, 0.5) is 0 Å². The Kier molecular flexibility index (Phi) is 3.21. The summed E-state index contributed by atoms with van der Waals surface area (Å²) in [5.41, 5.74) is 8.15. The molecule has 0 aliphatic rings. The minimum Gasteiger partial charge on any atom is -0.327 e. The van der Waals surface area contributed by atoms with Crippen LogP contribution in [0.1, 0.15) is 25.7 Å². The molecule has 1 atom stereocenters. The number of rotatable bonds is 3. The summed E-state index contributed by atoms with van der Waals surface area (Å²) in [5.74, 6) is 0.968. The topological polar surface area (TPSA) is 43.8 Å². The lowest BCUT2D eigenvalue weighted by Gasteiger charge is -2.08. The van der Waals surface area contributed by atoms with Crippen LogP contribution in [0.25, 0.3) is 11.0 Å². The Labute approximate surface area is 100 Å². The van der Waals surface area contributed by atoms with Gasteiger partial charge in [-0.3, -0.25) is 0 Å². The Morgan fingerprint density at radius 2 is 2.25 bits per heavy atom. The zero-order valence-electron chi connectivity index (χ0n) is 9.90. The average molecular weight is 235 g/mol. The van der Waals surface area contributed by atoms with Crippen LogP contribution >= 0.6 is 11.8 Å². The highest BCUT2D eigenvalue weighted by Crippen LogP contribution is 2.24. The largest absolute Gasteiger partial charge is 0.327 e. The molecule has 0 amide bonds. The molecule has 0 aliphatic carbocycles. The minimum absolute atomic E-state index is 0.0231. The summed E-state index contributed by atoms with van der Waals surface area (Å²) >= 11 is 1.75. The number of hydrogen-bond acceptors (Lipinski definition) is 3. The maximum Gasteiger partial charge on any atom is 0.126 e. The Morgan fingerprint density at radius 3 is 2.81 bits per heavy atom. The highest BCUT2D eigenvalue weighted by molar-refractivity contribution is 7.98. The first-order valence-corrected chi connectivity index (χ1v) is 6.69. The van der Waals surface area contributed by atoms with Crippen LogP contribution in [0.15, 0.2) is 23.1 Å². The van der Waals surface area contributed by atoms with Crippen molar-refractivity contribution in [1.29, 1.82) is 0 Å². The molecular formula is C12H17N3S. The summed E-state index contributed by atoms with van der Waals surface area (Å²) < 4.78 is 2.19. The number of benzene rings is 1. The summed E-state index contributed by atoms with van der Waals surface area (Å²) in [6.45, 7) is 5.01. The van der Waals surface area contributed by atoms with Gasteiger partial charge in [0.25, 0.3) is 0 Å². The van der Waals surface area contributed by atoms with Crippen LogP contribution in [0.2, 0.25) is 0 Å². The van der Waals surface area contributed by atoms with Crippen LogP contribution in [-0.4, -0.2) is 15.8 Å². The number of nitrogens with zero attached hydrogens (tertiary/aromatic N) is 2. The molecule has 2 rings (SSSR count). The van der Waals surface area contributed by atoms with Crippen molar-refractivity contribution in [3.05, 3.63) is 24.0 Å². The third-order valence-electron chi connectivity index (χ3n) is 2.71. The maximum absolute atomic E-state index is 5.94. The molecule has 86 valence electrons. The Bertz CT molecular complexity index is 502. The van der Waals surface area contributed by atoms with E-state index in [-0.39, 0.29) is 6.04 Å². The van der Waals surface area contributed by atoms with E-state index in [4.69, 9.17) is 5.73 Å². The van der Waals surface area contributed by atoms with Gasteiger partial charge in [0.05, 0.1) is 17.1 Å². The fourth-order valence-corrected chi connectivity index (χ4v) is 2.36. The van der Waals surface area contributed by atoms with Crippen molar-refractivity contribution in [2.45, 2.75) is 31.3 Å². The van der Waals surface area contributed by atoms with Crippen LogP contribution in [0, 0.1) is 0 Å². The maximum atomic E-state index is 5.94. The van der Waals surface area contributed by atoms with E-state index in [1.54, 1.807) is 11.8 Å². The Morgan fingerprint density at radius 1 is 1.50 bits per heavy atom. The molecule has 0 aliphatic heterocycles. The zero-order valence-corrected chi connectivity index (χ0v) is 10.7. The SMILES string of the molecule is CCn1c([C@@H](C)N)nc2ccc(SC)cc21. The second-order valence-corrected chi connectivity index (χ2v) is 4.74. The smallest absolute Gasteiger partial charge is 0.126 e. The predicted octanol–water partition coefficient (Wildman–Crippen LogP) is 2.80. The number of imidazole rings is 1. The number of fused-ring (bicyclic) bond motifs is 1. The van der Waals surface area contributed by atoms with Gasteiger partial charge in [0.1, 0.15) is 5.82 Å². The van der Waals surface area contributed by atoms with Gasteiger partial charge in [-0.1, -0.05) is 0 Å². The van der Waals surface area contributed by atoms with Crippen molar-refractivity contribution < 1.29 is 0 Å². The molecule has 0 spiro atoms. The van der Waals surface area contributed by atoms with Gasteiger partial charge in [0, 0.05) is 11.4 Å². The monoisotopic (exact) mass is 235 g/mol. The van der Waals surface area contributed by atoms with Gasteiger partial charge in [-0.15, -0.1) is 11.8 Å². The van der Waals surface area contributed by atoms with E-state index in [2.05, 4.69) is 40.9 Å². The zero-order chi connectivity index (χ0) is 11.7. The van der Waals surface area contributed by atoms with E-state index in [0.29, 0.717) is 0 Å². The van der Waals surface area contributed by atoms with Crippen molar-refractivity contribution in [2.75, 3.05) is 6.26 Å². The van der Waals surface area contributed by atoms with Crippen molar-refractivity contribution in [3.63, 3.8) is 0 Å². The van der Waals surface area contributed by atoms with Crippen molar-refractivity contribution in [1.82, 2.24) is 9.55 Å². The first kappa shape index (κ1) is 11.5. The van der Waals surface area contributed by atoms with E-state index in [9.17, 15) is 0 Å². The lowest BCUT2D eigenvalue weighted by atomic mass is 10.3. The highest BCUT2D eigenvalue weighted by Gasteiger charge is 2.12. The van der Waals surface area contributed by atoms with E-state index in [1.165, 1.54) is 10.4 Å². The molecule has 16 heavy (non-hydrogen) atoms. The molecule has 3 nitrogen and oxygen atoms in total. The standard InChI is InChI=1S/C12H17N3S/c1-4-15-11-7-9(16-3)5-6-10(11)14-12(15)8(2)13/h5-8H,4,13H2,1-3H3/t8-/m1/s1. The van der Waals surface area contributed by atoms with Gasteiger partial charge in [-0.2, -0.15) is 0 Å². The van der Waals surface area contributed by atoms with E-state index in [0.717, 1.165) is 17.9 Å². The first-order chi connectivity index (χ1) is 7.67. The second kappa shape index (κ2) is 4.47. The third-order valence-corrected chi connectivity index (χ3v) is 3.43. The van der Waals surface area contributed by atoms with Crippen molar-refractivity contribution in [2.24, 2.45) is 5.73 Å². The molecule has 2 N–H and O–H groups in total. The molecule has 0 saturated carbocycles. The molecular weight excluding hydrogens is 218 g/mol. The van der Waals surface area contributed by atoms with Gasteiger partial charge < -0.3 is 10.3 Å².